The molecule has 57 heavy (non-hydrogen) atoms. The smallest absolute Gasteiger partial charge is 0.164 e. The third-order valence-electron chi connectivity index (χ3n) is 12.0. The summed E-state index contributed by atoms with van der Waals surface area (Å²) in [6, 6.07) is 25.7. The molecule has 0 saturated heterocycles. The van der Waals surface area contributed by atoms with Crippen molar-refractivity contribution in [3.63, 3.8) is 0 Å². The first-order valence-electron chi connectivity index (χ1n) is 20.6. The van der Waals surface area contributed by atoms with E-state index >= 15 is 0 Å². The maximum atomic E-state index is 14.5. The van der Waals surface area contributed by atoms with Gasteiger partial charge in [0.2, 0.25) is 0 Å². The van der Waals surface area contributed by atoms with Crippen LogP contribution in [-0.4, -0.2) is 50.4 Å². The zero-order valence-electron chi connectivity index (χ0n) is 33.2. The zero-order valence-corrected chi connectivity index (χ0v) is 33.2. The van der Waals surface area contributed by atoms with Crippen LogP contribution in [0.5, 0.6) is 23.0 Å². The molecule has 1 aliphatic rings. The summed E-state index contributed by atoms with van der Waals surface area (Å²) in [6.45, 7) is 2.16. The number of aliphatic hydroxyl groups excluding tert-OH is 1. The van der Waals surface area contributed by atoms with Crippen molar-refractivity contribution in [2.24, 2.45) is 11.8 Å². The van der Waals surface area contributed by atoms with E-state index in [-0.39, 0.29) is 35.7 Å². The summed E-state index contributed by atoms with van der Waals surface area (Å²) >= 11 is 0. The zero-order chi connectivity index (χ0) is 39.7. The van der Waals surface area contributed by atoms with E-state index in [1.807, 2.05) is 61.2 Å². The molecule has 0 bridgehead atoms. The van der Waals surface area contributed by atoms with Crippen molar-refractivity contribution in [3.05, 3.63) is 143 Å². The molecule has 1 fully saturated rings. The van der Waals surface area contributed by atoms with Crippen LogP contribution in [-0.2, 0) is 43.3 Å². The van der Waals surface area contributed by atoms with Gasteiger partial charge in [-0.15, -0.1) is 0 Å². The van der Waals surface area contributed by atoms with Gasteiger partial charge in [-0.3, -0.25) is 4.79 Å². The number of ketones is 1. The molecule has 0 radical (unpaired) electrons. The van der Waals surface area contributed by atoms with Gasteiger partial charge in [0.25, 0.3) is 0 Å². The monoisotopic (exact) mass is 768 g/mol. The first-order valence-corrected chi connectivity index (χ1v) is 20.6. The van der Waals surface area contributed by atoms with Crippen molar-refractivity contribution < 1.29 is 29.6 Å². The number of H-pyrrole nitrogens is 2. The molecule has 4 aromatic carbocycles. The summed E-state index contributed by atoms with van der Waals surface area (Å²) in [5, 5.41) is 36.2. The van der Waals surface area contributed by atoms with Crippen LogP contribution in [0.25, 0.3) is 10.8 Å². The van der Waals surface area contributed by atoms with Gasteiger partial charge in [-0.05, 0) is 138 Å². The number of carbonyl (C=O) groups is 1. The van der Waals surface area contributed by atoms with Crippen LogP contribution in [0.3, 0.4) is 0 Å². The number of hydrogen-bond acceptors (Lipinski definition) is 6. The number of rotatable bonds is 18. The molecule has 0 aliphatic heterocycles. The number of phenols is 2. The molecule has 2 heterocycles. The van der Waals surface area contributed by atoms with Gasteiger partial charge in [-0.2, -0.15) is 0 Å². The van der Waals surface area contributed by atoms with Crippen molar-refractivity contribution >= 4 is 16.6 Å². The standard InChI is InChI=1S/C49H56N2O6/c1-3-35-14-15-36-9-7-8-12-41(36)42(35)28-43-37(16-18-45(53)49(43)56-2)27-39(25-34-20-22-51-31-34)47(55)29-46(54)38(24-33-19-21-50-30-33)23-32-13-17-44(52)48(26-32)57-40-10-5-4-6-11-40/h7-9,12-22,26,30-31,38-40,47,50-53,55H,3-6,10-11,23-25,27-29H2,1-2H3. The largest absolute Gasteiger partial charge is 0.504 e. The second kappa shape index (κ2) is 18.6. The highest BCUT2D eigenvalue weighted by Gasteiger charge is 2.30. The number of carbonyl (C=O) groups excluding carboxylic acids is 1. The van der Waals surface area contributed by atoms with Gasteiger partial charge in [0.05, 0.1) is 19.3 Å². The van der Waals surface area contributed by atoms with Gasteiger partial charge >= 0.3 is 0 Å². The summed E-state index contributed by atoms with van der Waals surface area (Å²) < 4.78 is 12.2. The Morgan fingerprint density at radius 3 is 2.19 bits per heavy atom. The second-order valence-corrected chi connectivity index (χ2v) is 15.8. The summed E-state index contributed by atoms with van der Waals surface area (Å²) in [6.07, 6.45) is 15.5. The molecule has 3 atom stereocenters. The number of benzene rings is 4. The fraction of sp³-hybridized carbons (Fsp3) is 0.367. The van der Waals surface area contributed by atoms with Crippen LogP contribution < -0.4 is 9.47 Å². The molecular weight excluding hydrogens is 713 g/mol. The molecule has 8 nitrogen and oxygen atoms in total. The maximum absolute atomic E-state index is 14.5. The number of aromatic hydroxyl groups is 2. The minimum Gasteiger partial charge on any atom is -0.504 e. The molecule has 8 heteroatoms. The number of aryl methyl sites for hydroxylation is 1. The lowest BCUT2D eigenvalue weighted by Crippen LogP contribution is -2.31. The van der Waals surface area contributed by atoms with Crippen LogP contribution in [0.15, 0.2) is 104 Å². The predicted molar refractivity (Wildman–Crippen MR) is 225 cm³/mol. The molecule has 6 aromatic rings. The molecule has 298 valence electrons. The van der Waals surface area contributed by atoms with Crippen LogP contribution >= 0.6 is 0 Å². The molecule has 0 amide bonds. The molecule has 0 spiro atoms. The van der Waals surface area contributed by atoms with Gasteiger partial charge in [-0.1, -0.05) is 61.9 Å². The Morgan fingerprint density at radius 2 is 1.47 bits per heavy atom. The Bertz CT molecular complexity index is 2220. The van der Waals surface area contributed by atoms with E-state index < -0.39 is 12.0 Å². The topological polar surface area (TPSA) is 128 Å². The van der Waals surface area contributed by atoms with Crippen molar-refractivity contribution in [1.29, 1.82) is 0 Å². The number of fused-ring (bicyclic) bond motifs is 1. The Balaban J connectivity index is 1.17. The highest BCUT2D eigenvalue weighted by Crippen LogP contribution is 2.39. The average molecular weight is 769 g/mol. The van der Waals surface area contributed by atoms with Crippen molar-refractivity contribution in [2.45, 2.75) is 96.2 Å². The molecule has 2 aromatic heterocycles. The minimum atomic E-state index is -0.942. The number of aliphatic hydroxyl groups is 1. The molecule has 3 unspecified atom stereocenters. The quantitative estimate of drug-likeness (QED) is 0.0593. The number of hydrogen-bond donors (Lipinski definition) is 5. The highest BCUT2D eigenvalue weighted by atomic mass is 16.5. The first kappa shape index (κ1) is 39.8. The summed E-state index contributed by atoms with van der Waals surface area (Å²) in [5.74, 6) is 0.345. The predicted octanol–water partition coefficient (Wildman–Crippen LogP) is 9.60. The number of aromatic nitrogens is 2. The molecular formula is C49H56N2O6. The van der Waals surface area contributed by atoms with E-state index in [1.165, 1.54) is 17.5 Å². The van der Waals surface area contributed by atoms with Crippen LogP contribution in [0, 0.1) is 11.8 Å². The van der Waals surface area contributed by atoms with Crippen LogP contribution in [0.4, 0.5) is 0 Å². The fourth-order valence-electron chi connectivity index (χ4n) is 8.82. The summed E-state index contributed by atoms with van der Waals surface area (Å²) in [5.41, 5.74) is 7.23. The fourth-order valence-corrected chi connectivity index (χ4v) is 8.82. The summed E-state index contributed by atoms with van der Waals surface area (Å²) in [4.78, 5) is 20.7. The van der Waals surface area contributed by atoms with Gasteiger partial charge in [-0.25, -0.2) is 0 Å². The van der Waals surface area contributed by atoms with E-state index in [2.05, 4.69) is 47.2 Å². The van der Waals surface area contributed by atoms with Crippen molar-refractivity contribution in [2.75, 3.05) is 7.11 Å². The van der Waals surface area contributed by atoms with Gasteiger partial charge in [0.1, 0.15) is 5.78 Å². The highest BCUT2D eigenvalue weighted by molar-refractivity contribution is 5.87. The third kappa shape index (κ3) is 9.74. The molecule has 5 N–H and O–H groups in total. The van der Waals surface area contributed by atoms with E-state index in [1.54, 1.807) is 19.2 Å². The number of nitrogens with one attached hydrogen (secondary N) is 2. The van der Waals surface area contributed by atoms with E-state index in [4.69, 9.17) is 9.47 Å². The number of methoxy groups -OCH3 is 1. The normalized spacial score (nSPS) is 15.0. The lowest BCUT2D eigenvalue weighted by atomic mass is 9.81. The average Bonchev–Trinajstić information content (AvgIpc) is 3.95. The Kier molecular flexibility index (Phi) is 13.0. The SMILES string of the molecule is CCc1ccc2ccccc2c1Cc1c(CC(Cc2cc[nH]c2)C(O)CC(=O)C(Cc2cc[nH]c2)Cc2ccc(O)c(OC3CCCCC3)c2)ccc(O)c1OC. The number of aromatic amines is 2. The Labute approximate surface area is 335 Å². The van der Waals surface area contributed by atoms with Crippen molar-refractivity contribution in [3.8, 4) is 23.0 Å². The number of Topliss-reactive ketones (excluding diaryl/α,β-unsaturated/α-hetero) is 1. The number of phenolic OH excluding ortho intramolecular Hbond substituents is 2. The van der Waals surface area contributed by atoms with Crippen LogP contribution in [0.1, 0.15) is 84.4 Å². The Hall–Kier alpha value is -5.47. The maximum Gasteiger partial charge on any atom is 0.164 e. The van der Waals surface area contributed by atoms with Crippen LogP contribution in [0.2, 0.25) is 0 Å². The molecule has 1 aliphatic carbocycles. The minimum absolute atomic E-state index is 0.0123. The Morgan fingerprint density at radius 1 is 0.772 bits per heavy atom. The van der Waals surface area contributed by atoms with E-state index in [0.717, 1.165) is 70.7 Å². The third-order valence-corrected chi connectivity index (χ3v) is 12.0. The summed E-state index contributed by atoms with van der Waals surface area (Å²) in [7, 11) is 1.58. The first-order chi connectivity index (χ1) is 27.8. The number of ether oxygens (including phenoxy) is 2. The van der Waals surface area contributed by atoms with E-state index in [9.17, 15) is 20.1 Å². The molecule has 7 rings (SSSR count). The lowest BCUT2D eigenvalue weighted by molar-refractivity contribution is -0.125. The van der Waals surface area contributed by atoms with E-state index in [0.29, 0.717) is 43.6 Å². The van der Waals surface area contributed by atoms with Gasteiger partial charge in [0, 0.05) is 49.1 Å². The molecule has 1 saturated carbocycles. The lowest BCUT2D eigenvalue weighted by Gasteiger charge is -2.27. The van der Waals surface area contributed by atoms with Gasteiger partial charge < -0.3 is 34.8 Å². The second-order valence-electron chi connectivity index (χ2n) is 15.8. The van der Waals surface area contributed by atoms with Crippen molar-refractivity contribution in [1.82, 2.24) is 9.97 Å². The van der Waals surface area contributed by atoms with Gasteiger partial charge in [0.15, 0.2) is 23.0 Å².